The highest BCUT2D eigenvalue weighted by atomic mass is 35.5. The van der Waals surface area contributed by atoms with E-state index in [1.807, 2.05) is 0 Å². The molecule has 2 aliphatic rings. The van der Waals surface area contributed by atoms with Crippen molar-refractivity contribution in [3.05, 3.63) is 52.5 Å². The molecule has 1 aliphatic carbocycles. The van der Waals surface area contributed by atoms with Gasteiger partial charge in [-0.3, -0.25) is 9.59 Å². The summed E-state index contributed by atoms with van der Waals surface area (Å²) in [5.74, 6) is -1.31. The predicted octanol–water partition coefficient (Wildman–Crippen LogP) is 3.69. The van der Waals surface area contributed by atoms with E-state index in [1.165, 1.54) is 42.5 Å². The number of benzene rings is 2. The average molecular weight is 575 g/mol. The molecular weight excluding hydrogens is 549 g/mol. The summed E-state index contributed by atoms with van der Waals surface area (Å²) in [5.41, 5.74) is 0.124. The van der Waals surface area contributed by atoms with E-state index in [9.17, 15) is 26.4 Å². The number of amides is 2. The second-order valence-corrected chi connectivity index (χ2v) is 13.1. The number of nitrogens with two attached hydrogens (primary N) is 1. The number of halogens is 2. The molecule has 0 radical (unpaired) electrons. The molecular formula is C23H25Cl2N3O6S2. The smallest absolute Gasteiger partial charge is 0.252 e. The van der Waals surface area contributed by atoms with Crippen molar-refractivity contribution in [1.29, 1.82) is 0 Å². The maximum Gasteiger partial charge on any atom is 0.252 e. The fourth-order valence-electron chi connectivity index (χ4n) is 4.79. The topological polar surface area (TPSA) is 135 Å². The third-order valence-corrected chi connectivity index (χ3v) is 10.1. The lowest BCUT2D eigenvalue weighted by Gasteiger charge is -2.34. The lowest BCUT2D eigenvalue weighted by Crippen LogP contribution is -2.50. The van der Waals surface area contributed by atoms with Gasteiger partial charge in [0.25, 0.3) is 5.91 Å². The molecule has 2 aromatic rings. The molecule has 2 fully saturated rings. The van der Waals surface area contributed by atoms with Crippen LogP contribution in [0.4, 0.5) is 5.69 Å². The normalized spacial score (nSPS) is 20.2. The molecule has 13 heteroatoms. The van der Waals surface area contributed by atoms with Crippen molar-refractivity contribution in [1.82, 2.24) is 4.31 Å². The maximum absolute atomic E-state index is 14.0. The van der Waals surface area contributed by atoms with E-state index >= 15 is 0 Å². The Morgan fingerprint density at radius 3 is 2.08 bits per heavy atom. The molecule has 1 saturated carbocycles. The van der Waals surface area contributed by atoms with E-state index in [0.29, 0.717) is 12.8 Å². The van der Waals surface area contributed by atoms with Crippen LogP contribution in [0, 0.1) is 0 Å². The minimum absolute atomic E-state index is 0.0368. The SMILES string of the molecule is NS(=O)(=O)c1ccc(N2C(=O)CC(N(C3CCCCCC3)S(=O)(=O)c3cc(Cl)ccc3Cl)C2=O)cc1. The minimum Gasteiger partial charge on any atom is -0.274 e. The fraction of sp³-hybridized carbons (Fsp3) is 0.391. The summed E-state index contributed by atoms with van der Waals surface area (Å²) < 4.78 is 52.2. The number of primary sulfonamides is 1. The molecule has 1 heterocycles. The summed E-state index contributed by atoms with van der Waals surface area (Å²) in [6.07, 6.45) is 4.19. The summed E-state index contributed by atoms with van der Waals surface area (Å²) in [5, 5.41) is 5.26. The van der Waals surface area contributed by atoms with E-state index in [2.05, 4.69) is 0 Å². The fourth-order valence-corrected chi connectivity index (χ4v) is 7.87. The van der Waals surface area contributed by atoms with Gasteiger partial charge in [0.15, 0.2) is 0 Å². The quantitative estimate of drug-likeness (QED) is 0.413. The molecule has 2 aromatic carbocycles. The molecule has 2 amide bonds. The van der Waals surface area contributed by atoms with Crippen LogP contribution in [0.1, 0.15) is 44.9 Å². The van der Waals surface area contributed by atoms with Crippen molar-refractivity contribution in [2.75, 3.05) is 4.90 Å². The Hall–Kier alpha value is -2.02. The van der Waals surface area contributed by atoms with Gasteiger partial charge in [-0.25, -0.2) is 26.9 Å². The first kappa shape index (κ1) is 27.0. The summed E-state index contributed by atoms with van der Waals surface area (Å²) in [7, 11) is -8.29. The maximum atomic E-state index is 14.0. The Morgan fingerprint density at radius 1 is 0.889 bits per heavy atom. The molecule has 36 heavy (non-hydrogen) atoms. The Morgan fingerprint density at radius 2 is 1.50 bits per heavy atom. The van der Waals surface area contributed by atoms with Gasteiger partial charge in [0, 0.05) is 11.1 Å². The lowest BCUT2D eigenvalue weighted by molar-refractivity contribution is -0.122. The highest BCUT2D eigenvalue weighted by molar-refractivity contribution is 7.89. The van der Waals surface area contributed by atoms with Gasteiger partial charge in [-0.2, -0.15) is 4.31 Å². The Labute approximate surface area is 220 Å². The van der Waals surface area contributed by atoms with E-state index in [0.717, 1.165) is 34.9 Å². The van der Waals surface area contributed by atoms with E-state index in [4.69, 9.17) is 28.3 Å². The van der Waals surface area contributed by atoms with Gasteiger partial charge in [0.05, 0.1) is 22.0 Å². The number of hydrogen-bond donors (Lipinski definition) is 1. The Bertz CT molecular complexity index is 1390. The van der Waals surface area contributed by atoms with Crippen LogP contribution in [-0.2, 0) is 29.6 Å². The molecule has 1 atom stereocenters. The standard InChI is InChI=1S/C23H25Cl2N3O6S2/c24-15-7-12-19(25)21(13-15)36(33,34)28(17-5-3-1-2-4-6-17)20-14-22(29)27(23(20)30)16-8-10-18(11-9-16)35(26,31)32/h7-13,17,20H,1-6,14H2,(H2,26,31,32). The van der Waals surface area contributed by atoms with Gasteiger partial charge in [0.2, 0.25) is 26.0 Å². The highest BCUT2D eigenvalue weighted by Crippen LogP contribution is 2.37. The van der Waals surface area contributed by atoms with Gasteiger partial charge < -0.3 is 0 Å². The molecule has 0 spiro atoms. The lowest BCUT2D eigenvalue weighted by atomic mass is 10.1. The van der Waals surface area contributed by atoms with Gasteiger partial charge in [-0.15, -0.1) is 0 Å². The number of hydrogen-bond acceptors (Lipinski definition) is 6. The van der Waals surface area contributed by atoms with Crippen LogP contribution in [0.5, 0.6) is 0 Å². The van der Waals surface area contributed by atoms with Crippen LogP contribution >= 0.6 is 23.2 Å². The second kappa shape index (κ2) is 10.4. The Balaban J connectivity index is 1.76. The van der Waals surface area contributed by atoms with Crippen molar-refractivity contribution >= 4 is 60.8 Å². The zero-order valence-corrected chi connectivity index (χ0v) is 22.3. The molecule has 194 valence electrons. The summed E-state index contributed by atoms with van der Waals surface area (Å²) in [6, 6.07) is 7.26. The summed E-state index contributed by atoms with van der Waals surface area (Å²) in [4.78, 5) is 27.1. The number of carbonyl (C=O) groups is 2. The van der Waals surface area contributed by atoms with Gasteiger partial charge in [-0.05, 0) is 55.3 Å². The van der Waals surface area contributed by atoms with Crippen LogP contribution in [0.2, 0.25) is 10.0 Å². The van der Waals surface area contributed by atoms with Crippen molar-refractivity contribution in [3.63, 3.8) is 0 Å². The molecule has 1 saturated heterocycles. The van der Waals surface area contributed by atoms with Crippen LogP contribution < -0.4 is 10.0 Å². The van der Waals surface area contributed by atoms with Crippen LogP contribution in [-0.4, -0.2) is 45.0 Å². The predicted molar refractivity (Wildman–Crippen MR) is 136 cm³/mol. The second-order valence-electron chi connectivity index (χ2n) is 8.88. The minimum atomic E-state index is -4.32. The summed E-state index contributed by atoms with van der Waals surface area (Å²) in [6.45, 7) is 0. The first-order chi connectivity index (χ1) is 16.9. The number of rotatable bonds is 6. The van der Waals surface area contributed by atoms with E-state index in [-0.39, 0.29) is 31.9 Å². The highest BCUT2D eigenvalue weighted by Gasteiger charge is 2.49. The number of sulfonamides is 2. The van der Waals surface area contributed by atoms with E-state index < -0.39 is 43.9 Å². The third kappa shape index (κ3) is 5.32. The Kier molecular flexibility index (Phi) is 7.80. The molecule has 2 N–H and O–H groups in total. The molecule has 9 nitrogen and oxygen atoms in total. The van der Waals surface area contributed by atoms with E-state index in [1.54, 1.807) is 0 Å². The number of anilines is 1. The van der Waals surface area contributed by atoms with Crippen molar-refractivity contribution in [2.45, 2.75) is 66.8 Å². The molecule has 0 bridgehead atoms. The summed E-state index contributed by atoms with van der Waals surface area (Å²) >= 11 is 12.3. The monoisotopic (exact) mass is 573 g/mol. The molecule has 1 unspecified atom stereocenters. The van der Waals surface area contributed by atoms with Gasteiger partial charge in [-0.1, -0.05) is 48.9 Å². The number of carbonyl (C=O) groups excluding carboxylic acids is 2. The molecule has 0 aromatic heterocycles. The van der Waals surface area contributed by atoms with Crippen molar-refractivity contribution < 1.29 is 26.4 Å². The number of nitrogens with zero attached hydrogens (tertiary/aromatic N) is 2. The van der Waals surface area contributed by atoms with Crippen molar-refractivity contribution in [3.8, 4) is 0 Å². The molecule has 4 rings (SSSR count). The van der Waals surface area contributed by atoms with Crippen molar-refractivity contribution in [2.24, 2.45) is 5.14 Å². The van der Waals surface area contributed by atoms with Gasteiger partial charge >= 0.3 is 0 Å². The first-order valence-corrected chi connectivity index (χ1v) is 15.1. The van der Waals surface area contributed by atoms with Crippen LogP contribution in [0.3, 0.4) is 0 Å². The third-order valence-electron chi connectivity index (χ3n) is 6.49. The van der Waals surface area contributed by atoms with Crippen LogP contribution in [0.15, 0.2) is 52.3 Å². The first-order valence-electron chi connectivity index (χ1n) is 11.4. The largest absolute Gasteiger partial charge is 0.274 e. The average Bonchev–Trinajstić information content (AvgIpc) is 2.96. The van der Waals surface area contributed by atoms with Crippen LogP contribution in [0.25, 0.3) is 0 Å². The molecule has 1 aliphatic heterocycles. The zero-order chi connectivity index (χ0) is 26.3. The number of imide groups is 1. The van der Waals surface area contributed by atoms with Gasteiger partial charge in [0.1, 0.15) is 10.9 Å². The zero-order valence-electron chi connectivity index (χ0n) is 19.1.